The quantitative estimate of drug-likeness (QED) is 0.605. The van der Waals surface area contributed by atoms with Crippen molar-refractivity contribution in [2.24, 2.45) is 0 Å². The highest BCUT2D eigenvalue weighted by atomic mass is 19.1. The molecule has 1 aromatic heterocycles. The number of aryl methyl sites for hydroxylation is 1. The van der Waals surface area contributed by atoms with Crippen molar-refractivity contribution >= 4 is 22.3 Å². The fourth-order valence-electron chi connectivity index (χ4n) is 3.71. The summed E-state index contributed by atoms with van der Waals surface area (Å²) in [6.07, 6.45) is 2.53. The van der Waals surface area contributed by atoms with Crippen LogP contribution in [0.25, 0.3) is 10.9 Å². The van der Waals surface area contributed by atoms with E-state index in [2.05, 4.69) is 17.4 Å². The number of hydrogen-bond donors (Lipinski definition) is 3. The average molecular weight is 367 g/mol. The van der Waals surface area contributed by atoms with Gasteiger partial charge in [0, 0.05) is 30.3 Å². The van der Waals surface area contributed by atoms with Gasteiger partial charge in [-0.1, -0.05) is 30.3 Å². The number of aliphatic hydroxyl groups is 1. The second-order valence-corrected chi connectivity index (χ2v) is 6.98. The second-order valence-electron chi connectivity index (χ2n) is 6.98. The Morgan fingerprint density at radius 3 is 2.74 bits per heavy atom. The van der Waals surface area contributed by atoms with E-state index >= 15 is 0 Å². The molecule has 0 aliphatic heterocycles. The van der Waals surface area contributed by atoms with Gasteiger partial charge in [-0.3, -0.25) is 4.79 Å². The van der Waals surface area contributed by atoms with E-state index in [0.717, 1.165) is 6.42 Å². The van der Waals surface area contributed by atoms with Gasteiger partial charge in [0.15, 0.2) is 11.2 Å². The molecule has 1 saturated carbocycles. The van der Waals surface area contributed by atoms with Crippen molar-refractivity contribution in [1.82, 2.24) is 4.57 Å². The maximum Gasteiger partial charge on any atom is 0.197 e. The van der Waals surface area contributed by atoms with E-state index in [9.17, 15) is 14.3 Å². The van der Waals surface area contributed by atoms with Gasteiger partial charge in [-0.05, 0) is 25.0 Å². The van der Waals surface area contributed by atoms with Crippen molar-refractivity contribution in [3.8, 4) is 0 Å². The smallest absolute Gasteiger partial charge is 0.197 e. The van der Waals surface area contributed by atoms with Crippen LogP contribution in [0.1, 0.15) is 30.4 Å². The Morgan fingerprint density at radius 2 is 2.07 bits per heavy atom. The number of halogens is 1. The zero-order valence-electron chi connectivity index (χ0n) is 15.1. The fraction of sp³-hybridized carbons (Fsp3) is 0.286. The number of aliphatic hydroxyl groups excluding tert-OH is 1. The van der Waals surface area contributed by atoms with Gasteiger partial charge >= 0.3 is 0 Å². The lowest BCUT2D eigenvalue weighted by Crippen LogP contribution is -2.18. The van der Waals surface area contributed by atoms with Gasteiger partial charge in [-0.2, -0.15) is 0 Å². The van der Waals surface area contributed by atoms with Crippen molar-refractivity contribution < 1.29 is 9.50 Å². The second kappa shape index (κ2) is 6.70. The molecular formula is C21H22FN3O2. The summed E-state index contributed by atoms with van der Waals surface area (Å²) in [4.78, 5) is 12.5. The topological polar surface area (TPSA) is 80.3 Å². The Bertz CT molecular complexity index is 1060. The molecule has 0 spiro atoms. The molecule has 5 nitrogen and oxygen atoms in total. The van der Waals surface area contributed by atoms with Crippen LogP contribution in [0, 0.1) is 5.82 Å². The van der Waals surface area contributed by atoms with Gasteiger partial charge in [0.25, 0.3) is 0 Å². The van der Waals surface area contributed by atoms with Crippen LogP contribution >= 0.6 is 0 Å². The molecule has 0 amide bonds. The van der Waals surface area contributed by atoms with Crippen LogP contribution in [0.5, 0.6) is 0 Å². The third kappa shape index (κ3) is 2.96. The fourth-order valence-corrected chi connectivity index (χ4v) is 3.71. The molecule has 4 N–H and O–H groups in total. The summed E-state index contributed by atoms with van der Waals surface area (Å²) < 4.78 is 16.7. The predicted molar refractivity (Wildman–Crippen MR) is 105 cm³/mol. The van der Waals surface area contributed by atoms with Gasteiger partial charge in [0.05, 0.1) is 28.9 Å². The Kier molecular flexibility index (Phi) is 4.36. The molecule has 27 heavy (non-hydrogen) atoms. The number of rotatable bonds is 5. The normalized spacial score (nSPS) is 18.6. The number of anilines is 2. The van der Waals surface area contributed by atoms with E-state index in [1.807, 2.05) is 29.7 Å². The van der Waals surface area contributed by atoms with Crippen LogP contribution in [0.3, 0.4) is 0 Å². The van der Waals surface area contributed by atoms with Crippen molar-refractivity contribution in [3.05, 3.63) is 69.8 Å². The lowest BCUT2D eigenvalue weighted by atomic mass is 10.1. The molecule has 1 aliphatic carbocycles. The van der Waals surface area contributed by atoms with E-state index in [1.54, 1.807) is 12.3 Å². The highest BCUT2D eigenvalue weighted by Crippen LogP contribution is 2.43. The molecule has 2 aromatic carbocycles. The van der Waals surface area contributed by atoms with Crippen LogP contribution < -0.4 is 16.5 Å². The lowest BCUT2D eigenvalue weighted by molar-refractivity contribution is 0.280. The largest absolute Gasteiger partial charge is 0.396 e. The van der Waals surface area contributed by atoms with Crippen LogP contribution in [0.4, 0.5) is 15.8 Å². The predicted octanol–water partition coefficient (Wildman–Crippen LogP) is 3.20. The van der Waals surface area contributed by atoms with Crippen molar-refractivity contribution in [2.45, 2.75) is 38.5 Å². The average Bonchev–Trinajstić information content (AvgIpc) is 3.46. The number of hydrogen-bond acceptors (Lipinski definition) is 4. The Hall–Kier alpha value is -2.86. The summed E-state index contributed by atoms with van der Waals surface area (Å²) in [5.41, 5.74) is 7.71. The number of pyridine rings is 1. The van der Waals surface area contributed by atoms with Crippen molar-refractivity contribution in [1.29, 1.82) is 0 Å². The standard InChI is InChI=1S/C21H22FN3O2/c1-2-25-10-13(11-26)21(27)18-17(25)9-16(19(22)20(18)23)24-15-8-14(15)12-6-4-3-5-7-12/h3-7,9-10,14-15,24,26H,2,8,11,23H2,1H3. The minimum absolute atomic E-state index is 0.127. The van der Waals surface area contributed by atoms with Gasteiger partial charge in [-0.25, -0.2) is 4.39 Å². The number of nitrogen functional groups attached to an aromatic ring is 1. The summed E-state index contributed by atoms with van der Waals surface area (Å²) in [5.74, 6) is -0.274. The molecule has 3 aromatic rings. The molecule has 2 unspecified atom stereocenters. The molecule has 1 fully saturated rings. The summed E-state index contributed by atoms with van der Waals surface area (Å²) in [6.45, 7) is 2.09. The molecule has 4 rings (SSSR count). The molecule has 0 bridgehead atoms. The van der Waals surface area contributed by atoms with E-state index < -0.39 is 17.9 Å². The van der Waals surface area contributed by atoms with Crippen LogP contribution in [-0.2, 0) is 13.2 Å². The number of nitrogens with zero attached hydrogens (tertiary/aromatic N) is 1. The van der Waals surface area contributed by atoms with E-state index in [0.29, 0.717) is 23.7 Å². The SMILES string of the molecule is CCn1cc(CO)c(=O)c2c(N)c(F)c(NC3CC3c3ccccc3)cc21. The summed E-state index contributed by atoms with van der Waals surface area (Å²) >= 11 is 0. The number of nitrogens with two attached hydrogens (primary N) is 1. The molecule has 0 radical (unpaired) electrons. The minimum Gasteiger partial charge on any atom is -0.396 e. The molecule has 2 atom stereocenters. The first-order valence-corrected chi connectivity index (χ1v) is 9.11. The lowest BCUT2D eigenvalue weighted by Gasteiger charge is -2.16. The molecule has 1 heterocycles. The molecule has 6 heteroatoms. The van der Waals surface area contributed by atoms with Crippen LogP contribution in [-0.4, -0.2) is 15.7 Å². The van der Waals surface area contributed by atoms with Gasteiger partial charge in [-0.15, -0.1) is 0 Å². The minimum atomic E-state index is -0.615. The third-order valence-electron chi connectivity index (χ3n) is 5.29. The van der Waals surface area contributed by atoms with E-state index in [-0.39, 0.29) is 22.7 Å². The van der Waals surface area contributed by atoms with E-state index in [4.69, 9.17) is 5.73 Å². The molecule has 1 aliphatic rings. The first-order valence-electron chi connectivity index (χ1n) is 9.11. The molecule has 140 valence electrons. The molecule has 0 saturated heterocycles. The highest BCUT2D eigenvalue weighted by Gasteiger charge is 2.38. The Balaban J connectivity index is 1.75. The Morgan fingerprint density at radius 1 is 1.33 bits per heavy atom. The van der Waals surface area contributed by atoms with Crippen molar-refractivity contribution in [2.75, 3.05) is 11.1 Å². The number of aromatic nitrogens is 1. The summed E-state index contributed by atoms with van der Waals surface area (Å²) in [6, 6.07) is 11.9. The third-order valence-corrected chi connectivity index (χ3v) is 5.29. The number of nitrogens with one attached hydrogen (secondary N) is 1. The summed E-state index contributed by atoms with van der Waals surface area (Å²) in [7, 11) is 0. The van der Waals surface area contributed by atoms with Gasteiger partial charge < -0.3 is 20.7 Å². The number of benzene rings is 2. The molecular weight excluding hydrogens is 345 g/mol. The van der Waals surface area contributed by atoms with Crippen molar-refractivity contribution in [3.63, 3.8) is 0 Å². The maximum atomic E-state index is 14.9. The monoisotopic (exact) mass is 367 g/mol. The van der Waals surface area contributed by atoms with Crippen LogP contribution in [0.2, 0.25) is 0 Å². The van der Waals surface area contributed by atoms with Gasteiger partial charge in [0.2, 0.25) is 0 Å². The highest BCUT2D eigenvalue weighted by molar-refractivity contribution is 5.94. The Labute approximate surface area is 156 Å². The zero-order valence-corrected chi connectivity index (χ0v) is 15.1. The zero-order chi connectivity index (χ0) is 19.1. The summed E-state index contributed by atoms with van der Waals surface area (Å²) in [5, 5.41) is 12.8. The van der Waals surface area contributed by atoms with Gasteiger partial charge in [0.1, 0.15) is 0 Å². The van der Waals surface area contributed by atoms with E-state index in [1.165, 1.54) is 5.56 Å². The first kappa shape index (κ1) is 17.5. The number of fused-ring (bicyclic) bond motifs is 1. The maximum absolute atomic E-state index is 14.9. The van der Waals surface area contributed by atoms with Crippen LogP contribution in [0.15, 0.2) is 47.4 Å². The first-order chi connectivity index (χ1) is 13.0.